The summed E-state index contributed by atoms with van der Waals surface area (Å²) in [7, 11) is 30.5. The molecule has 3 aliphatic rings. The smallest absolute Gasteiger partial charge is 0.254 e. The van der Waals surface area contributed by atoms with Crippen molar-refractivity contribution < 1.29 is 28.6 Å². The third-order valence-corrected chi connectivity index (χ3v) is 7.60. The third kappa shape index (κ3) is 4.57. The Labute approximate surface area is 237 Å². The summed E-state index contributed by atoms with van der Waals surface area (Å²) in [6, 6.07) is 7.49. The van der Waals surface area contributed by atoms with Gasteiger partial charge in [0.25, 0.3) is 5.91 Å². The minimum absolute atomic E-state index is 0.0117. The van der Waals surface area contributed by atoms with Gasteiger partial charge in [0.2, 0.25) is 11.8 Å². The molecule has 194 valence electrons. The summed E-state index contributed by atoms with van der Waals surface area (Å²) in [6.07, 6.45) is 0. The van der Waals surface area contributed by atoms with Gasteiger partial charge in [-0.05, 0) is 45.9 Å². The lowest BCUT2D eigenvalue weighted by Crippen LogP contribution is -2.74. The summed E-state index contributed by atoms with van der Waals surface area (Å²) >= 11 is 0. The number of morpholine rings is 1. The molecule has 9 nitrogen and oxygen atoms in total. The highest BCUT2D eigenvalue weighted by atomic mass is 19.1. The first kappa shape index (κ1) is 28.5. The number of benzene rings is 2. The number of nitrogens with zero attached hydrogens (tertiary/aromatic N) is 2. The molecule has 2 aromatic rings. The lowest BCUT2D eigenvalue weighted by atomic mass is 9.36. The van der Waals surface area contributed by atoms with Crippen LogP contribution in [0.3, 0.4) is 0 Å². The molecule has 0 saturated carbocycles. The maximum atomic E-state index is 14.8. The van der Waals surface area contributed by atoms with E-state index in [0.717, 1.165) is 18.7 Å². The van der Waals surface area contributed by atoms with Crippen LogP contribution in [-0.4, -0.2) is 110 Å². The lowest BCUT2D eigenvalue weighted by molar-refractivity contribution is -0.149. The molecule has 5 rings (SSSR count). The molecule has 3 heterocycles. The minimum atomic E-state index is -2.94. The average molecular weight is 532 g/mol. The molecule has 2 fully saturated rings. The van der Waals surface area contributed by atoms with E-state index in [0.29, 0.717) is 30.2 Å². The van der Waals surface area contributed by atoms with Crippen molar-refractivity contribution in [3.05, 3.63) is 64.5 Å². The van der Waals surface area contributed by atoms with Gasteiger partial charge in [0, 0.05) is 43.0 Å². The Morgan fingerprint density at radius 1 is 1.07 bits per heavy atom. The van der Waals surface area contributed by atoms with E-state index in [2.05, 4.69) is 10.2 Å². The highest BCUT2D eigenvalue weighted by molar-refractivity contribution is 6.53. The summed E-state index contributed by atoms with van der Waals surface area (Å²) in [5, 5.41) is 10.6. The summed E-state index contributed by atoms with van der Waals surface area (Å²) < 4.78 is 20.1. The number of amides is 3. The summed E-state index contributed by atoms with van der Waals surface area (Å²) in [6.45, 7) is 3.49. The van der Waals surface area contributed by atoms with Crippen molar-refractivity contribution >= 4 is 62.6 Å². The molecule has 2 aromatic carbocycles. The van der Waals surface area contributed by atoms with Crippen LogP contribution in [-0.2, 0) is 32.8 Å². The number of fused-ring (bicyclic) bond motifs is 1. The van der Waals surface area contributed by atoms with E-state index in [4.69, 9.17) is 44.0 Å². The number of piperidine rings is 1. The molecule has 3 aliphatic heterocycles. The number of carbonyl (C=O) groups excluding carboxylic acids is 3. The second kappa shape index (κ2) is 10.1. The number of halogens is 1. The first-order valence-electron chi connectivity index (χ1n) is 12.6. The lowest BCUT2D eigenvalue weighted by Gasteiger charge is -2.54. The number of aliphatic hydroxyl groups is 1. The van der Waals surface area contributed by atoms with Crippen LogP contribution in [0.2, 0.25) is 5.21 Å². The number of hydrogen-bond donors (Lipinski definition) is 3. The Balaban J connectivity index is 1.43. The number of ether oxygens (including phenoxy) is 1. The number of carbonyl (C=O) groups is 3. The molecular formula is C25H22B5FN4O5. The number of nitrogens with one attached hydrogen (secondary N) is 2. The molecule has 0 aliphatic carbocycles. The van der Waals surface area contributed by atoms with Crippen molar-refractivity contribution in [2.24, 2.45) is 0 Å². The highest BCUT2D eigenvalue weighted by Gasteiger charge is 2.61. The number of hydrogen-bond acceptors (Lipinski definition) is 7. The first-order chi connectivity index (χ1) is 18.8. The zero-order valence-electron chi connectivity index (χ0n) is 21.5. The van der Waals surface area contributed by atoms with Crippen molar-refractivity contribution in [3.63, 3.8) is 0 Å². The van der Waals surface area contributed by atoms with E-state index in [-0.39, 0.29) is 23.4 Å². The fourth-order valence-corrected chi connectivity index (χ4v) is 5.36. The van der Waals surface area contributed by atoms with Gasteiger partial charge < -0.3 is 20.1 Å². The fourth-order valence-electron chi connectivity index (χ4n) is 5.36. The quantitative estimate of drug-likeness (QED) is 0.308. The SMILES string of the molecule is [B]C1([B])c2c(NCc3cc(CN4CCOCC4)ccc3F)cccc2C(=O)N1C1C(=O)NC(=O)C([B])(O)C1([B])[B]. The second-order valence-corrected chi connectivity index (χ2v) is 10.3. The summed E-state index contributed by atoms with van der Waals surface area (Å²) in [5.41, 5.74) is -1.29. The molecule has 40 heavy (non-hydrogen) atoms. The van der Waals surface area contributed by atoms with Crippen LogP contribution in [0.4, 0.5) is 10.1 Å². The number of rotatable bonds is 6. The van der Waals surface area contributed by atoms with Crippen molar-refractivity contribution in [1.82, 2.24) is 15.1 Å². The summed E-state index contributed by atoms with van der Waals surface area (Å²) in [5.74, 6) is -3.74. The zero-order chi connectivity index (χ0) is 29.0. The average Bonchev–Trinajstić information content (AvgIpc) is 3.10. The Hall–Kier alpha value is -3.02. The zero-order valence-corrected chi connectivity index (χ0v) is 21.5. The van der Waals surface area contributed by atoms with Gasteiger partial charge >= 0.3 is 0 Å². The van der Waals surface area contributed by atoms with Gasteiger partial charge in [-0.2, -0.15) is 0 Å². The van der Waals surface area contributed by atoms with Crippen LogP contribution in [0.15, 0.2) is 36.4 Å². The van der Waals surface area contributed by atoms with E-state index >= 15 is 0 Å². The maximum Gasteiger partial charge on any atom is 0.254 e. The predicted molar refractivity (Wildman–Crippen MR) is 147 cm³/mol. The van der Waals surface area contributed by atoms with E-state index in [1.807, 2.05) is 5.32 Å². The Kier molecular flexibility index (Phi) is 7.21. The molecule has 3 amide bonds. The molecule has 3 N–H and O–H groups in total. The fraction of sp³-hybridized carbons (Fsp3) is 0.400. The normalized spacial score (nSPS) is 25.9. The second-order valence-electron chi connectivity index (χ2n) is 10.3. The van der Waals surface area contributed by atoms with Crippen LogP contribution in [0.1, 0.15) is 27.0 Å². The van der Waals surface area contributed by atoms with Crippen LogP contribution < -0.4 is 10.6 Å². The molecule has 2 unspecified atom stereocenters. The minimum Gasteiger partial charge on any atom is -0.391 e. The Bertz CT molecular complexity index is 1390. The van der Waals surface area contributed by atoms with Gasteiger partial charge in [-0.3, -0.25) is 24.6 Å². The highest BCUT2D eigenvalue weighted by Crippen LogP contribution is 2.48. The van der Waals surface area contributed by atoms with Gasteiger partial charge in [0.1, 0.15) is 19.7 Å². The molecule has 10 radical (unpaired) electrons. The molecule has 0 aromatic heterocycles. The van der Waals surface area contributed by atoms with Crippen LogP contribution in [0.5, 0.6) is 0 Å². The molecule has 0 spiro atoms. The van der Waals surface area contributed by atoms with Crippen molar-refractivity contribution in [2.75, 3.05) is 31.6 Å². The van der Waals surface area contributed by atoms with Crippen LogP contribution >= 0.6 is 0 Å². The summed E-state index contributed by atoms with van der Waals surface area (Å²) in [4.78, 5) is 41.4. The first-order valence-corrected chi connectivity index (χ1v) is 12.6. The van der Waals surface area contributed by atoms with Crippen molar-refractivity contribution in [2.45, 2.75) is 35.2 Å². The van der Waals surface area contributed by atoms with Gasteiger partial charge in [0.15, 0.2) is 0 Å². The van der Waals surface area contributed by atoms with E-state index in [1.54, 1.807) is 24.3 Å². The monoisotopic (exact) mass is 532 g/mol. The number of imide groups is 1. The molecule has 15 heteroatoms. The van der Waals surface area contributed by atoms with Gasteiger partial charge in [-0.1, -0.05) is 12.1 Å². The van der Waals surface area contributed by atoms with Crippen LogP contribution in [0.25, 0.3) is 0 Å². The number of anilines is 1. The molecule has 0 bridgehead atoms. The van der Waals surface area contributed by atoms with Gasteiger partial charge in [0.05, 0.1) is 50.1 Å². The van der Waals surface area contributed by atoms with Gasteiger partial charge in [-0.15, -0.1) is 0 Å². The molecular weight excluding hydrogens is 509 g/mol. The Morgan fingerprint density at radius 3 is 2.48 bits per heavy atom. The predicted octanol–water partition coefficient (Wildman–Crippen LogP) is -1.49. The molecule has 2 atom stereocenters. The maximum absolute atomic E-state index is 14.8. The Morgan fingerprint density at radius 2 is 1.77 bits per heavy atom. The topological polar surface area (TPSA) is 111 Å². The van der Waals surface area contributed by atoms with Crippen molar-refractivity contribution in [3.8, 4) is 0 Å². The van der Waals surface area contributed by atoms with E-state index in [9.17, 15) is 23.9 Å². The largest absolute Gasteiger partial charge is 0.391 e. The van der Waals surface area contributed by atoms with E-state index in [1.165, 1.54) is 12.1 Å². The van der Waals surface area contributed by atoms with Crippen molar-refractivity contribution in [1.29, 1.82) is 0 Å². The van der Waals surface area contributed by atoms with Gasteiger partial charge in [-0.25, -0.2) is 4.39 Å². The standard InChI is InChI=1S/C25H22B5FN4O5/c26-23(27)19(20(36)33-22(38)24(23,28)39)35-21(37)15-2-1-3-17(18(15)25(35,29)30)32-11-14-10-13(4-5-16(14)31)12-34-6-8-40-9-7-34/h1-5,10,19,32,39H,6-9,11-12H2,(H,33,36,38). The third-order valence-electron chi connectivity index (χ3n) is 7.60. The molecule has 2 saturated heterocycles. The van der Waals surface area contributed by atoms with Crippen LogP contribution in [0, 0.1) is 5.82 Å². The van der Waals surface area contributed by atoms with E-state index < -0.39 is 45.6 Å².